The molecule has 1 unspecified atom stereocenters. The first-order valence-electron chi connectivity index (χ1n) is 24.0. The number of carbonyl (C=O) groups is 2. The fourth-order valence-corrected chi connectivity index (χ4v) is 11.9. The van der Waals surface area contributed by atoms with Crippen molar-refractivity contribution in [3.63, 3.8) is 0 Å². The first-order valence-corrected chi connectivity index (χ1v) is 27.4. The number of benzene rings is 3. The number of ether oxygens (including phenoxy) is 1. The van der Waals surface area contributed by atoms with E-state index in [2.05, 4.69) is 75.6 Å². The molecule has 1 atom stereocenters. The van der Waals surface area contributed by atoms with Crippen molar-refractivity contribution < 1.29 is 32.1 Å². The summed E-state index contributed by atoms with van der Waals surface area (Å²) in [6.07, 6.45) is 5.65. The Morgan fingerprint density at radius 1 is 0.900 bits per heavy atom. The fourth-order valence-electron chi connectivity index (χ4n) is 10.2. The van der Waals surface area contributed by atoms with Crippen LogP contribution in [0.2, 0.25) is 0 Å². The molecule has 0 saturated carbocycles. The average molecular weight is 1040 g/mol. The summed E-state index contributed by atoms with van der Waals surface area (Å²) in [6, 6.07) is 11.5. The van der Waals surface area contributed by atoms with Crippen LogP contribution in [0.1, 0.15) is 69.3 Å². The molecule has 3 aromatic carbocycles. The standard InChI is InChI=1S/C50H58BrF2N10O6P/c1-6-29-25-37(57-49-54-28-34(51)47(59-49)56-38-26-36(53)44-33(46(38)70(4,5)67)10-9-30(7-2)55-44)42(68-8-3)27-41(29)62-19-15-31(16-20-62)61-23-21-60(22-24-61)18-17-32-35(52)11-12-39-45(32)69-50(66)63(39)40-13-14-43(64)58-48(40)65/h9-12,25-28,31,40H,6-8,13-24H2,1-5H3,(H,58,64,65)(H2,54,56,57,59). The van der Waals surface area contributed by atoms with Gasteiger partial charge in [0.15, 0.2) is 11.4 Å². The van der Waals surface area contributed by atoms with Gasteiger partial charge >= 0.3 is 5.76 Å². The number of carbonyl (C=O) groups excluding carboxylic acids is 2. The number of oxazole rings is 1. The molecule has 6 heterocycles. The van der Waals surface area contributed by atoms with Crippen LogP contribution in [-0.2, 0) is 33.4 Å². The van der Waals surface area contributed by atoms with Crippen LogP contribution < -0.4 is 36.6 Å². The second-order valence-corrected chi connectivity index (χ2v) is 22.5. The highest BCUT2D eigenvalue weighted by atomic mass is 79.9. The SMILES string of the molecule is CCOc1cc(N2CCC(N3CCN(CCc4c(F)ccc5c4oc(=O)n5C4CCC(=O)NC4=O)CC3)CC2)c(CC)cc1Nc1ncc(Br)c(Nc2cc(F)c3nc(CC)ccc3c2P(C)(C)=O)n1. The van der Waals surface area contributed by atoms with E-state index in [0.717, 1.165) is 75.5 Å². The number of nitrogens with one attached hydrogen (secondary N) is 3. The molecule has 0 aliphatic carbocycles. The third-order valence-electron chi connectivity index (χ3n) is 13.7. The zero-order valence-electron chi connectivity index (χ0n) is 40.0. The molecule has 2 amide bonds. The third-order valence-corrected chi connectivity index (χ3v) is 15.9. The number of aryl methyl sites for hydroxylation is 2. The van der Waals surface area contributed by atoms with Gasteiger partial charge < -0.3 is 34.2 Å². The molecule has 6 aromatic rings. The van der Waals surface area contributed by atoms with Crippen molar-refractivity contribution in [2.45, 2.75) is 77.8 Å². The monoisotopic (exact) mass is 1040 g/mol. The van der Waals surface area contributed by atoms with Gasteiger partial charge in [-0.25, -0.2) is 23.5 Å². The molecule has 370 valence electrons. The van der Waals surface area contributed by atoms with E-state index < -0.39 is 36.5 Å². The number of hydrogen-bond acceptors (Lipinski definition) is 14. The first-order chi connectivity index (χ1) is 33.6. The molecular weight excluding hydrogens is 985 g/mol. The van der Waals surface area contributed by atoms with E-state index in [-0.39, 0.29) is 35.8 Å². The molecule has 3 aliphatic rings. The Labute approximate surface area is 413 Å². The van der Waals surface area contributed by atoms with Crippen molar-refractivity contribution in [3.05, 3.63) is 92.1 Å². The Morgan fingerprint density at radius 3 is 2.37 bits per heavy atom. The highest BCUT2D eigenvalue weighted by Gasteiger charge is 2.33. The summed E-state index contributed by atoms with van der Waals surface area (Å²) in [5.74, 6) is -1.37. The summed E-state index contributed by atoms with van der Waals surface area (Å²) < 4.78 is 58.2. The quantitative estimate of drug-likeness (QED) is 0.0665. The predicted molar refractivity (Wildman–Crippen MR) is 272 cm³/mol. The second-order valence-electron chi connectivity index (χ2n) is 18.5. The minimum Gasteiger partial charge on any atom is -0.492 e. The lowest BCUT2D eigenvalue weighted by Crippen LogP contribution is -2.53. The number of anilines is 5. The van der Waals surface area contributed by atoms with E-state index in [1.165, 1.54) is 22.8 Å². The number of imide groups is 1. The molecule has 9 rings (SSSR count). The minimum absolute atomic E-state index is 0.106. The molecule has 3 saturated heterocycles. The number of nitrogens with zero attached hydrogens (tertiary/aromatic N) is 7. The van der Waals surface area contributed by atoms with E-state index >= 15 is 8.78 Å². The maximum atomic E-state index is 15.6. The smallest absolute Gasteiger partial charge is 0.420 e. The van der Waals surface area contributed by atoms with E-state index in [1.54, 1.807) is 25.6 Å². The van der Waals surface area contributed by atoms with Crippen molar-refractivity contribution >= 4 is 91.0 Å². The van der Waals surface area contributed by atoms with Crippen LogP contribution in [0.3, 0.4) is 0 Å². The maximum Gasteiger partial charge on any atom is 0.420 e. The van der Waals surface area contributed by atoms with Gasteiger partial charge in [-0.15, -0.1) is 0 Å². The predicted octanol–water partition coefficient (Wildman–Crippen LogP) is 8.04. The summed E-state index contributed by atoms with van der Waals surface area (Å²) in [5, 5.41) is 9.90. The van der Waals surface area contributed by atoms with Gasteiger partial charge in [0, 0.05) is 104 Å². The highest BCUT2D eigenvalue weighted by molar-refractivity contribution is 9.10. The topological polar surface area (TPSA) is 180 Å². The zero-order chi connectivity index (χ0) is 49.4. The Morgan fingerprint density at radius 2 is 1.67 bits per heavy atom. The van der Waals surface area contributed by atoms with Crippen LogP contribution in [0.15, 0.2) is 62.3 Å². The number of amides is 2. The maximum absolute atomic E-state index is 15.6. The summed E-state index contributed by atoms with van der Waals surface area (Å²) in [7, 11) is -2.94. The molecule has 70 heavy (non-hydrogen) atoms. The number of hydrogen-bond donors (Lipinski definition) is 3. The fraction of sp³-hybridized carbons (Fsp3) is 0.440. The molecule has 0 bridgehead atoms. The summed E-state index contributed by atoms with van der Waals surface area (Å²) in [6.45, 7) is 15.6. The van der Waals surface area contributed by atoms with E-state index in [9.17, 15) is 18.9 Å². The Bertz CT molecular complexity index is 3090. The number of fused-ring (bicyclic) bond motifs is 2. The van der Waals surface area contributed by atoms with Crippen LogP contribution in [0.5, 0.6) is 5.75 Å². The summed E-state index contributed by atoms with van der Waals surface area (Å²) in [5.41, 5.74) is 5.06. The molecule has 3 aromatic heterocycles. The number of rotatable bonds is 15. The van der Waals surface area contributed by atoms with Gasteiger partial charge in [-0.2, -0.15) is 4.98 Å². The van der Waals surface area contributed by atoms with Gasteiger partial charge in [-0.3, -0.25) is 24.4 Å². The van der Waals surface area contributed by atoms with Crippen LogP contribution in [0.4, 0.5) is 37.6 Å². The van der Waals surface area contributed by atoms with E-state index in [1.807, 2.05) is 19.9 Å². The second kappa shape index (κ2) is 20.5. The van der Waals surface area contributed by atoms with Gasteiger partial charge in [-0.05, 0) is 105 Å². The van der Waals surface area contributed by atoms with Crippen molar-refractivity contribution in [2.24, 2.45) is 0 Å². The third kappa shape index (κ3) is 10.1. The average Bonchev–Trinajstić information content (AvgIpc) is 3.67. The van der Waals surface area contributed by atoms with Gasteiger partial charge in [0.05, 0.1) is 28.0 Å². The first kappa shape index (κ1) is 49.2. The molecule has 20 heteroatoms. The zero-order valence-corrected chi connectivity index (χ0v) is 42.5. The van der Waals surface area contributed by atoms with Gasteiger partial charge in [0.25, 0.3) is 0 Å². The molecule has 3 aliphatic heterocycles. The van der Waals surface area contributed by atoms with E-state index in [0.29, 0.717) is 81.2 Å². The van der Waals surface area contributed by atoms with Crippen LogP contribution in [0.25, 0.3) is 22.0 Å². The normalized spacial score (nSPS) is 17.7. The van der Waals surface area contributed by atoms with Crippen molar-refractivity contribution in [1.82, 2.24) is 34.6 Å². The summed E-state index contributed by atoms with van der Waals surface area (Å²) >= 11 is 3.56. The molecule has 0 spiro atoms. The largest absolute Gasteiger partial charge is 0.492 e. The molecule has 3 N–H and O–H groups in total. The number of aromatic nitrogens is 4. The number of piperidine rings is 2. The number of halogens is 3. The minimum atomic E-state index is -2.94. The Balaban J connectivity index is 0.838. The molecular formula is C50H58BrF2N10O6P. The molecule has 0 radical (unpaired) electrons. The number of pyridine rings is 1. The Kier molecular flexibility index (Phi) is 14.4. The lowest BCUT2D eigenvalue weighted by atomic mass is 9.99. The van der Waals surface area contributed by atoms with Crippen molar-refractivity contribution in [1.29, 1.82) is 0 Å². The van der Waals surface area contributed by atoms with Crippen LogP contribution >= 0.6 is 23.1 Å². The van der Waals surface area contributed by atoms with Gasteiger partial charge in [-0.1, -0.05) is 19.9 Å². The molecule has 16 nitrogen and oxygen atoms in total. The van der Waals surface area contributed by atoms with Crippen LogP contribution in [0, 0.1) is 11.6 Å². The number of piperazine rings is 1. The van der Waals surface area contributed by atoms with Crippen molar-refractivity contribution in [2.75, 3.05) is 81.3 Å². The van der Waals surface area contributed by atoms with Gasteiger partial charge in [0.2, 0.25) is 17.8 Å². The van der Waals surface area contributed by atoms with Crippen LogP contribution in [-0.4, -0.2) is 113 Å². The Hall–Kier alpha value is -5.75. The molecule has 3 fully saturated rings. The summed E-state index contributed by atoms with van der Waals surface area (Å²) in [4.78, 5) is 58.4. The lowest BCUT2D eigenvalue weighted by molar-refractivity contribution is -0.135. The lowest BCUT2D eigenvalue weighted by Gasteiger charge is -2.43. The van der Waals surface area contributed by atoms with E-state index in [4.69, 9.17) is 14.1 Å². The van der Waals surface area contributed by atoms with Crippen molar-refractivity contribution in [3.8, 4) is 5.75 Å². The highest BCUT2D eigenvalue weighted by Crippen LogP contribution is 2.43. The van der Waals surface area contributed by atoms with Gasteiger partial charge in [0.1, 0.15) is 36.1 Å².